The third-order valence-electron chi connectivity index (χ3n) is 0. The molecule has 0 fully saturated rings. The van der Waals surface area contributed by atoms with E-state index in [4.69, 9.17) is 0 Å². The van der Waals surface area contributed by atoms with Gasteiger partial charge in [-0.25, -0.2) is 0 Å². The fourth-order valence-electron chi connectivity index (χ4n) is 0. The number of hydrogen-bond donors (Lipinski definition) is 0. The van der Waals surface area contributed by atoms with E-state index in [1.54, 1.807) is 0 Å². The van der Waals surface area contributed by atoms with E-state index in [9.17, 15) is 11.5 Å². The van der Waals surface area contributed by atoms with Crippen LogP contribution in [0, 0.1) is 0 Å². The van der Waals surface area contributed by atoms with Crippen LogP contribution in [0.4, 0.5) is 11.5 Å². The van der Waals surface area contributed by atoms with Crippen molar-refractivity contribution in [2.45, 2.75) is 0 Å². The molecule has 0 aliphatic rings. The zero-order valence-corrected chi connectivity index (χ0v) is 7.82. The molecule has 0 aliphatic carbocycles. The Balaban J connectivity index is 0. The molecule has 0 N–H and O–H groups in total. The fraction of sp³-hybridized carbons (Fsp3) is 0. The molecule has 0 aromatic heterocycles. The van der Waals surface area contributed by atoms with Gasteiger partial charge in [0.05, 0.1) is 0 Å². The second-order valence-corrected chi connectivity index (χ2v) is 2.87. The van der Waals surface area contributed by atoms with Crippen molar-refractivity contribution in [1.82, 2.24) is 0 Å². The molecule has 0 aromatic carbocycles. The summed E-state index contributed by atoms with van der Waals surface area (Å²) in [5.74, 6) is 0. The Bertz CT molecular complexity index is 23.0. The largest absolute Gasteiger partial charge is 0 e. The first-order valence-corrected chi connectivity index (χ1v) is 5.07. The standard InChI is InChI=1S/4FH.Sn.Zr/h4*1H;;/q;;;;+4;/p-4. The summed E-state index contributed by atoms with van der Waals surface area (Å²) in [6.45, 7) is 0. The maximum Gasteiger partial charge on any atom is 0 e. The second-order valence-electron chi connectivity index (χ2n) is 0.429. The van der Waals surface area contributed by atoms with E-state index < -0.39 is 20.7 Å². The predicted molar refractivity (Wildman–Crippen MR) is 10.2 cm³/mol. The van der Waals surface area contributed by atoms with Crippen LogP contribution in [0.25, 0.3) is 0 Å². The topological polar surface area (TPSA) is 0 Å². The van der Waals surface area contributed by atoms with Gasteiger partial charge in [0.1, 0.15) is 0 Å². The van der Waals surface area contributed by atoms with E-state index in [0.717, 1.165) is 0 Å². The van der Waals surface area contributed by atoms with E-state index in [1.807, 2.05) is 0 Å². The normalized spacial score (nSPS) is 10.0. The summed E-state index contributed by atoms with van der Waals surface area (Å²) >= 11 is -7.18. The van der Waals surface area contributed by atoms with Crippen LogP contribution < -0.4 is 0 Å². The van der Waals surface area contributed by atoms with Crippen molar-refractivity contribution in [3.8, 4) is 0 Å². The Morgan fingerprint density at radius 3 is 0.833 bits per heavy atom. The van der Waals surface area contributed by atoms with Crippen LogP contribution in [0.2, 0.25) is 0 Å². The van der Waals surface area contributed by atoms with Crippen molar-refractivity contribution in [3.63, 3.8) is 0 Å². The van der Waals surface area contributed by atoms with Gasteiger partial charge in [-0.15, -0.1) is 0 Å². The Morgan fingerprint density at radius 2 is 0.833 bits per heavy atom. The van der Waals surface area contributed by atoms with Gasteiger partial charge in [0.25, 0.3) is 0 Å². The van der Waals surface area contributed by atoms with Gasteiger partial charge in [0, 0.05) is 26.2 Å². The summed E-state index contributed by atoms with van der Waals surface area (Å²) in [4.78, 5) is 0. The molecule has 0 aromatic rings. The van der Waals surface area contributed by atoms with Crippen LogP contribution in [0.3, 0.4) is 0 Å². The van der Waals surface area contributed by atoms with Gasteiger partial charge >= 0.3 is 32.1 Å². The van der Waals surface area contributed by atoms with Crippen LogP contribution in [-0.4, -0.2) is 20.7 Å². The molecule has 0 aliphatic heterocycles. The van der Waals surface area contributed by atoms with Gasteiger partial charge in [-0.2, -0.15) is 0 Å². The molecule has 0 heterocycles. The quantitative estimate of drug-likeness (QED) is 0.465. The van der Waals surface area contributed by atoms with E-state index >= 15 is 0 Å². The molecule has 0 rings (SSSR count). The number of rotatable bonds is 0. The summed E-state index contributed by atoms with van der Waals surface area (Å²) in [5, 5.41) is 0. The molecule has 0 bridgehead atoms. The summed E-state index contributed by atoms with van der Waals surface area (Å²) < 4.78 is 39.6. The summed E-state index contributed by atoms with van der Waals surface area (Å²) in [5.41, 5.74) is 0. The van der Waals surface area contributed by atoms with Crippen LogP contribution in [0.1, 0.15) is 0 Å². The van der Waals surface area contributed by atoms with Gasteiger partial charge in [-0.1, -0.05) is 0 Å². The van der Waals surface area contributed by atoms with Crippen molar-refractivity contribution in [1.29, 1.82) is 0 Å². The Kier molecular flexibility index (Phi) is 5.91. The first-order valence-electron chi connectivity index (χ1n) is 0.756. The SMILES string of the molecule is [F][Sn]([F])([F])[F].[Zr]. The molecule has 0 unspecified atom stereocenters. The molecule has 0 radical (unpaired) electrons. The molecule has 0 spiro atoms. The third kappa shape index (κ3) is 53.3. The molecule has 0 atom stereocenters. The first kappa shape index (κ1) is 10.4. The second kappa shape index (κ2) is 3.41. The van der Waals surface area contributed by atoms with Crippen molar-refractivity contribution >= 4 is 20.7 Å². The first-order chi connectivity index (χ1) is 2.00. The van der Waals surface area contributed by atoms with E-state index in [1.165, 1.54) is 0 Å². The average molecular weight is 286 g/mol. The molecule has 0 saturated carbocycles. The smallest absolute Gasteiger partial charge is 0 e. The zero-order valence-electron chi connectivity index (χ0n) is 2.51. The van der Waals surface area contributed by atoms with Crippen molar-refractivity contribution in [3.05, 3.63) is 0 Å². The van der Waals surface area contributed by atoms with Crippen molar-refractivity contribution in [2.75, 3.05) is 0 Å². The van der Waals surface area contributed by atoms with Gasteiger partial charge in [-0.05, 0) is 0 Å². The molecule has 0 saturated heterocycles. The van der Waals surface area contributed by atoms with E-state index in [0.29, 0.717) is 0 Å². The Morgan fingerprint density at radius 1 is 0.833 bits per heavy atom. The van der Waals surface area contributed by atoms with Gasteiger partial charge in [0.2, 0.25) is 0 Å². The average Bonchev–Trinajstić information content (AvgIpc) is 0.722. The maximum absolute atomic E-state index is 9.90. The van der Waals surface area contributed by atoms with Crippen LogP contribution in [0.5, 0.6) is 0 Å². The van der Waals surface area contributed by atoms with Crippen molar-refractivity contribution in [2.24, 2.45) is 0 Å². The number of halogens is 4. The zero-order chi connectivity index (χ0) is 4.50. The van der Waals surface area contributed by atoms with Crippen LogP contribution >= 0.6 is 0 Å². The maximum atomic E-state index is 9.90. The Hall–Kier alpha value is 1.40. The molecule has 6 heteroatoms. The third-order valence-corrected chi connectivity index (χ3v) is 0. The molecular weight excluding hydrogens is 286 g/mol. The monoisotopic (exact) mass is 286 g/mol. The molecule has 6 heavy (non-hydrogen) atoms. The van der Waals surface area contributed by atoms with Gasteiger partial charge < -0.3 is 0 Å². The van der Waals surface area contributed by atoms with Crippen molar-refractivity contribution < 1.29 is 37.7 Å². The van der Waals surface area contributed by atoms with Crippen LogP contribution in [-0.2, 0) is 26.2 Å². The fourth-order valence-corrected chi connectivity index (χ4v) is 0. The molecule has 0 nitrogen and oxygen atoms in total. The Labute approximate surface area is 58.0 Å². The summed E-state index contributed by atoms with van der Waals surface area (Å²) in [7, 11) is 0. The van der Waals surface area contributed by atoms with E-state index in [-0.39, 0.29) is 26.2 Å². The molecule has 36 valence electrons. The minimum absolute atomic E-state index is 0. The molecular formula is F4SnZr. The van der Waals surface area contributed by atoms with Gasteiger partial charge in [0.15, 0.2) is 0 Å². The predicted octanol–water partition coefficient (Wildman–Crippen LogP) is 1.30. The minimum Gasteiger partial charge on any atom is 0 e. The van der Waals surface area contributed by atoms with Crippen LogP contribution in [0.15, 0.2) is 0 Å². The number of hydrogen-bond acceptors (Lipinski definition) is 0. The molecule has 0 amide bonds. The summed E-state index contributed by atoms with van der Waals surface area (Å²) in [6.07, 6.45) is 0. The minimum atomic E-state index is -7.18. The van der Waals surface area contributed by atoms with E-state index in [2.05, 4.69) is 0 Å². The van der Waals surface area contributed by atoms with Gasteiger partial charge in [-0.3, -0.25) is 0 Å². The summed E-state index contributed by atoms with van der Waals surface area (Å²) in [6, 6.07) is 0.